The number of amides is 1. The Hall–Kier alpha value is -5.25. The van der Waals surface area contributed by atoms with Gasteiger partial charge in [-0.3, -0.25) is 14.3 Å². The van der Waals surface area contributed by atoms with Crippen molar-refractivity contribution in [1.29, 1.82) is 0 Å². The number of esters is 2. The van der Waals surface area contributed by atoms with Crippen LogP contribution in [0.2, 0.25) is 0 Å². The largest absolute Gasteiger partial charge is 0.490 e. The smallest absolute Gasteiger partial charge is 0.475 e. The average Bonchev–Trinajstić information content (AvgIpc) is 3.40. The quantitative estimate of drug-likeness (QED) is 0.387. The van der Waals surface area contributed by atoms with Crippen LogP contribution in [0.25, 0.3) is 0 Å². The molecule has 0 unspecified atom stereocenters. The van der Waals surface area contributed by atoms with Gasteiger partial charge in [0.25, 0.3) is 5.56 Å². The summed E-state index contributed by atoms with van der Waals surface area (Å²) in [6.07, 6.45) is -5.46. The van der Waals surface area contributed by atoms with E-state index in [9.17, 15) is 32.3 Å². The number of likely N-dealkylation sites (tertiary alicyclic amines) is 1. The van der Waals surface area contributed by atoms with Crippen molar-refractivity contribution in [2.45, 2.75) is 31.3 Å². The third-order valence-corrected chi connectivity index (χ3v) is 6.18. The highest BCUT2D eigenvalue weighted by Crippen LogP contribution is 2.32. The van der Waals surface area contributed by atoms with Crippen molar-refractivity contribution in [1.82, 2.24) is 14.5 Å². The zero-order valence-electron chi connectivity index (χ0n) is 23.3. The molecule has 2 aromatic carbocycles. The molecule has 1 aromatic heterocycles. The van der Waals surface area contributed by atoms with Crippen LogP contribution in [0, 0.1) is 0 Å². The number of aromatic nitrogens is 2. The van der Waals surface area contributed by atoms with Gasteiger partial charge in [0.05, 0.1) is 18.7 Å². The molecule has 0 spiro atoms. The number of hydrogen-bond donors (Lipinski definition) is 2. The molecule has 3 aromatic rings. The van der Waals surface area contributed by atoms with E-state index in [2.05, 4.69) is 4.98 Å². The maximum Gasteiger partial charge on any atom is 0.490 e. The molecule has 2 heterocycles. The van der Waals surface area contributed by atoms with E-state index in [0.717, 1.165) is 17.2 Å². The SMILES string of the molecule is COC(=O)c1nc([C@@H]2C[C@H](N)CN2C(=O)OCc2ccccc2)n(C)c(=O)c1OC(=O)c1ccccc1.O=C(O)C(F)(F)F. The van der Waals surface area contributed by atoms with Crippen molar-refractivity contribution in [3.05, 3.63) is 93.7 Å². The summed E-state index contributed by atoms with van der Waals surface area (Å²) in [7, 11) is 2.52. The predicted octanol–water partition coefficient (Wildman–Crippen LogP) is 2.83. The first-order valence-corrected chi connectivity index (χ1v) is 12.7. The molecular formula is C28H27F3N4O9. The summed E-state index contributed by atoms with van der Waals surface area (Å²) in [6, 6.07) is 16.0. The highest BCUT2D eigenvalue weighted by molar-refractivity contribution is 5.94. The summed E-state index contributed by atoms with van der Waals surface area (Å²) in [5.41, 5.74) is 5.85. The Kier molecular flexibility index (Phi) is 10.8. The van der Waals surface area contributed by atoms with Gasteiger partial charge in [-0.05, 0) is 24.1 Å². The van der Waals surface area contributed by atoms with E-state index in [4.69, 9.17) is 29.8 Å². The van der Waals surface area contributed by atoms with Crippen LogP contribution in [0.1, 0.15) is 44.7 Å². The maximum absolute atomic E-state index is 13.3. The second kappa shape index (κ2) is 14.3. The number of methoxy groups -OCH3 is 1. The molecule has 0 bridgehead atoms. The van der Waals surface area contributed by atoms with Crippen LogP contribution in [0.4, 0.5) is 18.0 Å². The average molecular weight is 621 g/mol. The van der Waals surface area contributed by atoms with E-state index in [1.54, 1.807) is 18.2 Å². The van der Waals surface area contributed by atoms with Crippen molar-refractivity contribution in [2.75, 3.05) is 13.7 Å². The molecule has 3 N–H and O–H groups in total. The second-order valence-electron chi connectivity index (χ2n) is 9.27. The number of hydrogen-bond acceptors (Lipinski definition) is 10. The minimum Gasteiger partial charge on any atom is -0.475 e. The molecular weight excluding hydrogens is 593 g/mol. The summed E-state index contributed by atoms with van der Waals surface area (Å²) in [5, 5.41) is 7.12. The number of aliphatic carboxylic acids is 1. The molecule has 1 amide bonds. The molecule has 44 heavy (non-hydrogen) atoms. The number of halogens is 3. The molecule has 2 atom stereocenters. The Morgan fingerprint density at radius 2 is 1.59 bits per heavy atom. The van der Waals surface area contributed by atoms with Gasteiger partial charge in [0.2, 0.25) is 5.75 Å². The van der Waals surface area contributed by atoms with Crippen LogP contribution in [-0.2, 0) is 27.9 Å². The number of nitrogens with two attached hydrogens (primary N) is 1. The number of carbonyl (C=O) groups is 4. The third kappa shape index (κ3) is 8.19. The Bertz CT molecular complexity index is 1560. The first-order chi connectivity index (χ1) is 20.7. The topological polar surface area (TPSA) is 180 Å². The number of nitrogens with zero attached hydrogens (tertiary/aromatic N) is 3. The number of rotatable bonds is 6. The summed E-state index contributed by atoms with van der Waals surface area (Å²) in [6.45, 7) is 0.207. The van der Waals surface area contributed by atoms with Crippen LogP contribution in [0.5, 0.6) is 5.75 Å². The van der Waals surface area contributed by atoms with Crippen LogP contribution in [-0.4, -0.2) is 69.4 Å². The van der Waals surface area contributed by atoms with E-state index in [-0.39, 0.29) is 31.0 Å². The fraction of sp³-hybridized carbons (Fsp3) is 0.286. The monoisotopic (exact) mass is 620 g/mol. The predicted molar refractivity (Wildman–Crippen MR) is 145 cm³/mol. The molecule has 234 valence electrons. The van der Waals surface area contributed by atoms with E-state index >= 15 is 0 Å². The molecule has 16 heteroatoms. The van der Waals surface area contributed by atoms with E-state index < -0.39 is 59.3 Å². The number of carboxylic acids is 1. The molecule has 13 nitrogen and oxygen atoms in total. The number of carbonyl (C=O) groups excluding carboxylic acids is 3. The molecule has 1 aliphatic heterocycles. The third-order valence-electron chi connectivity index (χ3n) is 6.18. The lowest BCUT2D eigenvalue weighted by Crippen LogP contribution is -2.37. The lowest BCUT2D eigenvalue weighted by Gasteiger charge is -2.25. The molecule has 1 saturated heterocycles. The summed E-state index contributed by atoms with van der Waals surface area (Å²) in [4.78, 5) is 66.0. The molecule has 0 radical (unpaired) electrons. The van der Waals surface area contributed by atoms with Gasteiger partial charge in [-0.2, -0.15) is 13.2 Å². The zero-order chi connectivity index (χ0) is 32.6. The molecule has 0 saturated carbocycles. The standard InChI is InChI=1S/C26H26N4O7.C2HF3O2/c1-29-22(19-13-18(27)14-30(19)26(34)36-15-16-9-5-3-6-10-16)28-20(25(33)35-2)21(23(29)31)37-24(32)17-11-7-4-8-12-17;3-2(4,5)1(6)7/h3-12,18-19H,13-15,27H2,1-2H3;(H,6,7)/t18-,19-;/m0./s1. The molecule has 1 fully saturated rings. The van der Waals surface area contributed by atoms with Gasteiger partial charge in [0.1, 0.15) is 12.4 Å². The van der Waals surface area contributed by atoms with Crippen molar-refractivity contribution in [3.8, 4) is 5.75 Å². The Morgan fingerprint density at radius 3 is 2.14 bits per heavy atom. The number of ether oxygens (including phenoxy) is 3. The van der Waals surface area contributed by atoms with Gasteiger partial charge in [-0.15, -0.1) is 0 Å². The highest BCUT2D eigenvalue weighted by Gasteiger charge is 2.40. The lowest BCUT2D eigenvalue weighted by atomic mass is 10.1. The minimum atomic E-state index is -5.08. The van der Waals surface area contributed by atoms with Crippen LogP contribution >= 0.6 is 0 Å². The number of benzene rings is 2. The van der Waals surface area contributed by atoms with Gasteiger partial charge >= 0.3 is 30.2 Å². The van der Waals surface area contributed by atoms with Crippen LogP contribution in [0.3, 0.4) is 0 Å². The molecule has 4 rings (SSSR count). The Labute approximate surface area is 247 Å². The zero-order valence-corrected chi connectivity index (χ0v) is 23.3. The van der Waals surface area contributed by atoms with Gasteiger partial charge < -0.3 is 25.1 Å². The maximum atomic E-state index is 13.3. The summed E-state index contributed by atoms with van der Waals surface area (Å²) < 4.78 is 48.4. The molecule has 1 aliphatic rings. The summed E-state index contributed by atoms with van der Waals surface area (Å²) >= 11 is 0. The molecule has 0 aliphatic carbocycles. The van der Waals surface area contributed by atoms with E-state index in [0.29, 0.717) is 0 Å². The second-order valence-corrected chi connectivity index (χ2v) is 9.27. The first kappa shape index (κ1) is 33.3. The minimum absolute atomic E-state index is 0.0479. The van der Waals surface area contributed by atoms with Crippen molar-refractivity contribution in [2.24, 2.45) is 12.8 Å². The highest BCUT2D eigenvalue weighted by atomic mass is 19.4. The normalized spacial score (nSPS) is 15.9. The van der Waals surface area contributed by atoms with E-state index in [1.807, 2.05) is 30.3 Å². The van der Waals surface area contributed by atoms with Gasteiger partial charge in [0, 0.05) is 19.6 Å². The summed E-state index contributed by atoms with van der Waals surface area (Å²) in [5.74, 6) is -5.07. The fourth-order valence-electron chi connectivity index (χ4n) is 4.07. The fourth-order valence-corrected chi connectivity index (χ4v) is 4.07. The van der Waals surface area contributed by atoms with Crippen molar-refractivity contribution < 1.29 is 51.7 Å². The first-order valence-electron chi connectivity index (χ1n) is 12.7. The Morgan fingerprint density at radius 1 is 1.02 bits per heavy atom. The van der Waals surface area contributed by atoms with Crippen molar-refractivity contribution >= 4 is 24.0 Å². The lowest BCUT2D eigenvalue weighted by molar-refractivity contribution is -0.192. The van der Waals surface area contributed by atoms with Crippen LogP contribution in [0.15, 0.2) is 65.5 Å². The van der Waals surface area contributed by atoms with Crippen LogP contribution < -0.4 is 16.0 Å². The number of alkyl halides is 3. The number of carboxylic acid groups (broad SMARTS) is 1. The van der Waals surface area contributed by atoms with Gasteiger partial charge in [-0.25, -0.2) is 24.2 Å². The van der Waals surface area contributed by atoms with Crippen molar-refractivity contribution in [3.63, 3.8) is 0 Å². The van der Waals surface area contributed by atoms with Gasteiger partial charge in [-0.1, -0.05) is 48.5 Å². The van der Waals surface area contributed by atoms with E-state index in [1.165, 1.54) is 24.1 Å². The van der Waals surface area contributed by atoms with Gasteiger partial charge in [0.15, 0.2) is 5.69 Å². The Balaban J connectivity index is 0.000000676.